The molecule has 0 bridgehead atoms. The van der Waals surface area contributed by atoms with E-state index in [2.05, 4.69) is 21.4 Å². The fraction of sp³-hybridized carbons (Fsp3) is 0.409. The Bertz CT molecular complexity index is 891. The van der Waals surface area contributed by atoms with E-state index in [4.69, 9.17) is 21.3 Å². The van der Waals surface area contributed by atoms with E-state index in [1.807, 2.05) is 6.07 Å². The molecule has 0 saturated heterocycles. The largest absolute Gasteiger partial charge is 0.481 e. The number of pyridine rings is 1. The second kappa shape index (κ2) is 12.3. The normalized spacial score (nSPS) is 14.8. The number of nitrogens with one attached hydrogen (secondary N) is 3. The van der Waals surface area contributed by atoms with Crippen LogP contribution in [0.25, 0.3) is 0 Å². The van der Waals surface area contributed by atoms with Crippen molar-refractivity contribution in [2.45, 2.75) is 44.6 Å². The minimum Gasteiger partial charge on any atom is -0.481 e. The molecule has 2 rings (SSSR count). The van der Waals surface area contributed by atoms with Crippen molar-refractivity contribution in [1.82, 2.24) is 4.98 Å². The zero-order chi connectivity index (χ0) is 22.6. The maximum absolute atomic E-state index is 11.3. The number of carbonyl (C=O) groups is 1. The third-order valence-corrected chi connectivity index (χ3v) is 4.79. The first-order valence-electron chi connectivity index (χ1n) is 10.2. The molecule has 1 aromatic rings. The Morgan fingerprint density at radius 3 is 2.90 bits per heavy atom. The second-order valence-electron chi connectivity index (χ2n) is 7.14. The molecule has 0 radical (unpaired) electrons. The third kappa shape index (κ3) is 8.04. The number of nitrogens with zero attached hydrogens (tertiary/aromatic N) is 2. The number of carboxylic acid groups (broad SMARTS) is 1. The molecule has 0 fully saturated rings. The Morgan fingerprint density at radius 2 is 2.19 bits per heavy atom. The lowest BCUT2D eigenvalue weighted by molar-refractivity contribution is -0.137. The maximum atomic E-state index is 11.3. The van der Waals surface area contributed by atoms with Crippen LogP contribution in [0.5, 0.6) is 0 Å². The number of carboxylic acids is 1. The fourth-order valence-electron chi connectivity index (χ4n) is 3.20. The monoisotopic (exact) mass is 426 g/mol. The summed E-state index contributed by atoms with van der Waals surface area (Å²) in [5.74, 6) is -0.227. The Hall–Kier alpha value is -3.49. The molecule has 6 N–H and O–H groups in total. The van der Waals surface area contributed by atoms with Crippen LogP contribution in [-0.4, -0.2) is 53.1 Å². The molecule has 1 aliphatic heterocycles. The first-order chi connectivity index (χ1) is 14.9. The van der Waals surface area contributed by atoms with Crippen molar-refractivity contribution in [3.8, 4) is 0 Å². The first kappa shape index (κ1) is 23.8. The van der Waals surface area contributed by atoms with Gasteiger partial charge < -0.3 is 26.3 Å². The highest BCUT2D eigenvalue weighted by molar-refractivity contribution is 6.05. The van der Waals surface area contributed by atoms with Crippen molar-refractivity contribution in [2.24, 2.45) is 10.7 Å². The molecule has 0 aliphatic carbocycles. The Kier molecular flexibility index (Phi) is 9.41. The van der Waals surface area contributed by atoms with Crippen LogP contribution in [0.3, 0.4) is 0 Å². The number of aliphatic carboxylic acids is 1. The van der Waals surface area contributed by atoms with E-state index in [9.17, 15) is 9.90 Å². The predicted molar refractivity (Wildman–Crippen MR) is 122 cm³/mol. The molecule has 31 heavy (non-hydrogen) atoms. The Morgan fingerprint density at radius 1 is 1.39 bits per heavy atom. The van der Waals surface area contributed by atoms with Gasteiger partial charge in [0.25, 0.3) is 0 Å². The standard InChI is InChI=1S/C22H30N6O3/c1-31-20(25)10-9-18(24)19(14-21(29)30)27-17(11-12-23)6-2-5-16-8-7-15-4-3-13-26-22(15)28-16/h7-12,19,24-25H,2-6,13-14,23H2,1H3,(H,26,28)(H,29,30)/b10-9-,12-11?,24-18?,25-20?,27-17?. The molecule has 0 aromatic carbocycles. The topological polar surface area (TPSA) is 158 Å². The summed E-state index contributed by atoms with van der Waals surface area (Å²) in [6, 6.07) is 3.28. The van der Waals surface area contributed by atoms with E-state index in [-0.39, 0.29) is 18.0 Å². The smallest absolute Gasteiger partial charge is 0.305 e. The van der Waals surface area contributed by atoms with Gasteiger partial charge in [-0.25, -0.2) is 4.98 Å². The van der Waals surface area contributed by atoms with Crippen LogP contribution in [0.4, 0.5) is 5.82 Å². The van der Waals surface area contributed by atoms with Crippen LogP contribution in [-0.2, 0) is 22.4 Å². The lowest BCUT2D eigenvalue weighted by Crippen LogP contribution is -2.22. The number of aliphatic imine (C=N–C) groups is 1. The summed E-state index contributed by atoms with van der Waals surface area (Å²) in [5, 5.41) is 28.1. The fourth-order valence-corrected chi connectivity index (χ4v) is 3.20. The molecule has 0 spiro atoms. The van der Waals surface area contributed by atoms with Crippen LogP contribution >= 0.6 is 0 Å². The summed E-state index contributed by atoms with van der Waals surface area (Å²) >= 11 is 0. The predicted octanol–water partition coefficient (Wildman–Crippen LogP) is 2.72. The molecule has 9 heteroatoms. The molecule has 2 heterocycles. The maximum Gasteiger partial charge on any atom is 0.305 e. The van der Waals surface area contributed by atoms with Crippen molar-refractivity contribution < 1.29 is 14.6 Å². The highest BCUT2D eigenvalue weighted by Crippen LogP contribution is 2.20. The van der Waals surface area contributed by atoms with E-state index >= 15 is 0 Å². The van der Waals surface area contributed by atoms with Crippen LogP contribution in [0.2, 0.25) is 0 Å². The van der Waals surface area contributed by atoms with Crippen molar-refractivity contribution in [3.05, 3.63) is 47.8 Å². The Labute approximate surface area is 182 Å². The lowest BCUT2D eigenvalue weighted by atomic mass is 10.0. The van der Waals surface area contributed by atoms with Gasteiger partial charge in [-0.3, -0.25) is 15.2 Å². The molecule has 1 aromatic heterocycles. The van der Waals surface area contributed by atoms with Crippen molar-refractivity contribution in [1.29, 1.82) is 10.8 Å². The number of ether oxygens (including phenoxy) is 1. The Balaban J connectivity index is 2.06. The first-order valence-corrected chi connectivity index (χ1v) is 10.2. The van der Waals surface area contributed by atoms with Crippen molar-refractivity contribution in [2.75, 3.05) is 19.0 Å². The van der Waals surface area contributed by atoms with E-state index in [1.165, 1.54) is 31.0 Å². The summed E-state index contributed by atoms with van der Waals surface area (Å²) in [4.78, 5) is 20.4. The third-order valence-electron chi connectivity index (χ3n) is 4.79. The molecular weight excluding hydrogens is 396 g/mol. The van der Waals surface area contributed by atoms with Gasteiger partial charge in [0.2, 0.25) is 5.90 Å². The minimum absolute atomic E-state index is 0.0189. The van der Waals surface area contributed by atoms with Gasteiger partial charge >= 0.3 is 5.97 Å². The van der Waals surface area contributed by atoms with Gasteiger partial charge in [-0.15, -0.1) is 0 Å². The van der Waals surface area contributed by atoms with E-state index in [0.717, 1.165) is 43.7 Å². The zero-order valence-corrected chi connectivity index (χ0v) is 17.7. The van der Waals surface area contributed by atoms with Gasteiger partial charge in [-0.1, -0.05) is 6.07 Å². The summed E-state index contributed by atoms with van der Waals surface area (Å²) < 4.78 is 4.72. The van der Waals surface area contributed by atoms with E-state index in [0.29, 0.717) is 12.1 Å². The number of anilines is 1. The summed E-state index contributed by atoms with van der Waals surface area (Å²) in [6.07, 6.45) is 9.52. The number of aromatic nitrogens is 1. The molecule has 0 saturated carbocycles. The zero-order valence-electron chi connectivity index (χ0n) is 17.7. The molecule has 0 amide bonds. The average molecular weight is 427 g/mol. The SMILES string of the molecule is COC(=N)/C=C\C(=N)C(CC(=O)O)N=C(C=CN)CCCc1ccc2c(n1)NCCC2. The van der Waals surface area contributed by atoms with Gasteiger partial charge in [0.05, 0.1) is 19.2 Å². The molecular formula is C22H30N6O3. The van der Waals surface area contributed by atoms with Crippen LogP contribution in [0, 0.1) is 10.8 Å². The number of rotatable bonds is 11. The van der Waals surface area contributed by atoms with E-state index in [1.54, 1.807) is 6.08 Å². The second-order valence-corrected chi connectivity index (χ2v) is 7.14. The summed E-state index contributed by atoms with van der Waals surface area (Å²) in [7, 11) is 1.35. The van der Waals surface area contributed by atoms with Crippen molar-refractivity contribution in [3.63, 3.8) is 0 Å². The van der Waals surface area contributed by atoms with Crippen molar-refractivity contribution >= 4 is 29.1 Å². The number of hydrogen-bond acceptors (Lipinski definition) is 8. The minimum atomic E-state index is -1.06. The molecule has 166 valence electrons. The van der Waals surface area contributed by atoms with Gasteiger partial charge in [-0.05, 0) is 62.1 Å². The summed E-state index contributed by atoms with van der Waals surface area (Å²) in [5.41, 5.74) is 8.37. The van der Waals surface area contributed by atoms with Crippen LogP contribution in [0.15, 0.2) is 41.6 Å². The number of methoxy groups -OCH3 is 1. The van der Waals surface area contributed by atoms with Crippen LogP contribution in [0.1, 0.15) is 36.9 Å². The van der Waals surface area contributed by atoms with Crippen LogP contribution < -0.4 is 11.1 Å². The number of allylic oxidation sites excluding steroid dienone is 1. The molecule has 1 unspecified atom stereocenters. The number of aryl methyl sites for hydroxylation is 2. The number of hydrogen-bond donors (Lipinski definition) is 5. The van der Waals surface area contributed by atoms with E-state index < -0.39 is 12.0 Å². The quantitative estimate of drug-likeness (QED) is 0.270. The highest BCUT2D eigenvalue weighted by atomic mass is 16.5. The lowest BCUT2D eigenvalue weighted by Gasteiger charge is -2.17. The van der Waals surface area contributed by atoms with Gasteiger partial charge in [0, 0.05) is 24.0 Å². The average Bonchev–Trinajstić information content (AvgIpc) is 2.76. The molecule has 1 aliphatic rings. The number of nitrogens with two attached hydrogens (primary N) is 1. The molecule has 1 atom stereocenters. The highest BCUT2D eigenvalue weighted by Gasteiger charge is 2.17. The van der Waals surface area contributed by atoms with Gasteiger partial charge in [-0.2, -0.15) is 0 Å². The van der Waals surface area contributed by atoms with Gasteiger partial charge in [0.15, 0.2) is 0 Å². The number of fused-ring (bicyclic) bond motifs is 1. The van der Waals surface area contributed by atoms with Gasteiger partial charge in [0.1, 0.15) is 11.9 Å². The molecule has 9 nitrogen and oxygen atoms in total. The summed E-state index contributed by atoms with van der Waals surface area (Å²) in [6.45, 7) is 0.941.